The Morgan fingerprint density at radius 1 is 0.966 bits per heavy atom. The van der Waals surface area contributed by atoms with E-state index in [1.807, 2.05) is 30.3 Å². The van der Waals surface area contributed by atoms with Crippen LogP contribution in [-0.2, 0) is 13.1 Å². The molecule has 0 saturated carbocycles. The van der Waals surface area contributed by atoms with Crippen LogP contribution < -0.4 is 5.73 Å². The fraction of sp³-hybridized carbons (Fsp3) is 0.0952. The molecule has 4 N–H and O–H groups in total. The van der Waals surface area contributed by atoms with Crippen molar-refractivity contribution < 1.29 is 24.2 Å². The number of amides is 2. The molecule has 0 aliphatic heterocycles. The number of hydrogen-bond donors (Lipinski definition) is 3. The van der Waals surface area contributed by atoms with Gasteiger partial charge in [0, 0.05) is 19.2 Å². The van der Waals surface area contributed by atoms with Crippen molar-refractivity contribution in [2.75, 3.05) is 0 Å². The third kappa shape index (κ3) is 4.67. The molecule has 148 valence electrons. The summed E-state index contributed by atoms with van der Waals surface area (Å²) in [6.07, 6.45) is 0. The summed E-state index contributed by atoms with van der Waals surface area (Å²) in [5.41, 5.74) is 5.77. The van der Waals surface area contributed by atoms with Gasteiger partial charge in [-0.05, 0) is 23.3 Å². The molecule has 0 atom stereocenters. The van der Waals surface area contributed by atoms with Crippen molar-refractivity contribution in [3.05, 3.63) is 89.0 Å². The van der Waals surface area contributed by atoms with Gasteiger partial charge in [-0.15, -0.1) is 0 Å². The zero-order valence-corrected chi connectivity index (χ0v) is 15.2. The van der Waals surface area contributed by atoms with E-state index in [1.165, 1.54) is 29.2 Å². The monoisotopic (exact) mass is 395 g/mol. The lowest BCUT2D eigenvalue weighted by atomic mass is 10.1. The lowest BCUT2D eigenvalue weighted by Crippen LogP contribution is -2.31. The molecule has 1 heterocycles. The third-order valence-electron chi connectivity index (χ3n) is 4.22. The van der Waals surface area contributed by atoms with E-state index in [0.717, 1.165) is 11.6 Å². The van der Waals surface area contributed by atoms with E-state index >= 15 is 0 Å². The predicted molar refractivity (Wildman–Crippen MR) is 103 cm³/mol. The van der Waals surface area contributed by atoms with E-state index in [0.29, 0.717) is 5.56 Å². The lowest BCUT2D eigenvalue weighted by Gasteiger charge is -2.23. The number of aromatic hydroxyl groups is 2. The number of pyridine rings is 1. The molecule has 1 aromatic heterocycles. The molecule has 29 heavy (non-hydrogen) atoms. The maximum absolute atomic E-state index is 13.2. The van der Waals surface area contributed by atoms with Gasteiger partial charge in [-0.25, -0.2) is 9.37 Å². The van der Waals surface area contributed by atoms with Gasteiger partial charge in [0.2, 0.25) is 0 Å². The quantitative estimate of drug-likeness (QED) is 0.593. The molecule has 0 saturated heterocycles. The van der Waals surface area contributed by atoms with Crippen LogP contribution in [0.15, 0.2) is 60.7 Å². The number of carbonyl (C=O) groups is 2. The summed E-state index contributed by atoms with van der Waals surface area (Å²) in [4.78, 5) is 29.7. The summed E-state index contributed by atoms with van der Waals surface area (Å²) in [5, 5.41) is 20.0. The van der Waals surface area contributed by atoms with Crippen molar-refractivity contribution in [2.45, 2.75) is 13.1 Å². The summed E-state index contributed by atoms with van der Waals surface area (Å²) in [7, 11) is 0. The molecule has 3 aromatic rings. The second kappa shape index (κ2) is 8.39. The fourth-order valence-electron chi connectivity index (χ4n) is 2.76. The molecule has 0 spiro atoms. The molecule has 2 aromatic carbocycles. The van der Waals surface area contributed by atoms with Gasteiger partial charge >= 0.3 is 0 Å². The zero-order chi connectivity index (χ0) is 21.0. The standard InChI is InChI=1S/C21H18FN3O4/c22-15-8-6-14(7-9-15)12-25(11-13-4-2-1-3-5-13)21(29)18-19(27)17(26)10-16(24-18)20(23)28/h1-10,27H,11-12H2,(H2,23,28)(H,24,26). The molecular weight excluding hydrogens is 377 g/mol. The van der Waals surface area contributed by atoms with Crippen molar-refractivity contribution in [1.82, 2.24) is 9.88 Å². The highest BCUT2D eigenvalue weighted by Gasteiger charge is 2.25. The SMILES string of the molecule is NC(=O)c1cc(O)c(O)c(C(=O)N(Cc2ccccc2)Cc2ccc(F)cc2)n1. The fourth-order valence-corrected chi connectivity index (χ4v) is 2.76. The Balaban J connectivity index is 1.99. The number of primary amides is 1. The summed E-state index contributed by atoms with van der Waals surface area (Å²) in [5.74, 6) is -3.53. The Morgan fingerprint density at radius 2 is 1.55 bits per heavy atom. The highest BCUT2D eigenvalue weighted by molar-refractivity contribution is 5.98. The van der Waals surface area contributed by atoms with Crippen LogP contribution >= 0.6 is 0 Å². The number of halogens is 1. The molecular formula is C21H18FN3O4. The van der Waals surface area contributed by atoms with Crippen LogP contribution in [0.4, 0.5) is 4.39 Å². The molecule has 0 aliphatic rings. The van der Waals surface area contributed by atoms with Gasteiger partial charge in [0.15, 0.2) is 17.2 Å². The summed E-state index contributed by atoms with van der Waals surface area (Å²) < 4.78 is 13.2. The number of aromatic nitrogens is 1. The van der Waals surface area contributed by atoms with E-state index in [9.17, 15) is 24.2 Å². The van der Waals surface area contributed by atoms with Crippen LogP contribution in [0.25, 0.3) is 0 Å². The van der Waals surface area contributed by atoms with Crippen LogP contribution in [0.3, 0.4) is 0 Å². The van der Waals surface area contributed by atoms with E-state index < -0.39 is 34.8 Å². The molecule has 8 heteroatoms. The molecule has 0 radical (unpaired) electrons. The Kier molecular flexibility index (Phi) is 5.73. The van der Waals surface area contributed by atoms with Gasteiger partial charge in [0.25, 0.3) is 11.8 Å². The minimum absolute atomic E-state index is 0.0800. The summed E-state index contributed by atoms with van der Waals surface area (Å²) in [6.45, 7) is 0.233. The van der Waals surface area contributed by atoms with Crippen molar-refractivity contribution in [3.8, 4) is 11.5 Å². The number of nitrogens with two attached hydrogens (primary N) is 1. The van der Waals surface area contributed by atoms with Crippen molar-refractivity contribution in [3.63, 3.8) is 0 Å². The van der Waals surface area contributed by atoms with Gasteiger partial charge < -0.3 is 20.8 Å². The average molecular weight is 395 g/mol. The molecule has 0 bridgehead atoms. The molecule has 0 aliphatic carbocycles. The average Bonchev–Trinajstić information content (AvgIpc) is 2.71. The van der Waals surface area contributed by atoms with Crippen LogP contribution in [0.2, 0.25) is 0 Å². The first-order valence-electron chi connectivity index (χ1n) is 8.65. The van der Waals surface area contributed by atoms with Crippen molar-refractivity contribution in [1.29, 1.82) is 0 Å². The van der Waals surface area contributed by atoms with Gasteiger partial charge in [-0.1, -0.05) is 42.5 Å². The Morgan fingerprint density at radius 3 is 2.14 bits per heavy atom. The van der Waals surface area contributed by atoms with E-state index in [4.69, 9.17) is 5.73 Å². The van der Waals surface area contributed by atoms with E-state index in [-0.39, 0.29) is 18.8 Å². The lowest BCUT2D eigenvalue weighted by molar-refractivity contribution is 0.0719. The van der Waals surface area contributed by atoms with Crippen LogP contribution in [-0.4, -0.2) is 31.9 Å². The Hall–Kier alpha value is -3.94. The first-order chi connectivity index (χ1) is 13.8. The number of benzene rings is 2. The van der Waals surface area contributed by atoms with E-state index in [1.54, 1.807) is 0 Å². The van der Waals surface area contributed by atoms with Crippen LogP contribution in [0.5, 0.6) is 11.5 Å². The van der Waals surface area contributed by atoms with Crippen molar-refractivity contribution >= 4 is 11.8 Å². The molecule has 0 fully saturated rings. The Bertz CT molecular complexity index is 1040. The predicted octanol–water partition coefficient (Wildman–Crippen LogP) is 2.57. The summed E-state index contributed by atoms with van der Waals surface area (Å²) >= 11 is 0. The van der Waals surface area contributed by atoms with E-state index in [2.05, 4.69) is 4.98 Å². The third-order valence-corrected chi connectivity index (χ3v) is 4.22. The van der Waals surface area contributed by atoms with Gasteiger partial charge in [0.1, 0.15) is 11.5 Å². The molecule has 7 nitrogen and oxygen atoms in total. The van der Waals surface area contributed by atoms with Crippen molar-refractivity contribution in [2.24, 2.45) is 5.73 Å². The number of carbonyl (C=O) groups excluding carboxylic acids is 2. The topological polar surface area (TPSA) is 117 Å². The number of hydrogen-bond acceptors (Lipinski definition) is 5. The zero-order valence-electron chi connectivity index (χ0n) is 15.2. The normalized spacial score (nSPS) is 10.5. The Labute approximate surface area is 165 Å². The van der Waals surface area contributed by atoms with Gasteiger partial charge in [-0.2, -0.15) is 0 Å². The van der Waals surface area contributed by atoms with Crippen LogP contribution in [0, 0.1) is 5.82 Å². The van der Waals surface area contributed by atoms with Crippen LogP contribution in [0.1, 0.15) is 32.1 Å². The molecule has 3 rings (SSSR count). The second-order valence-electron chi connectivity index (χ2n) is 6.36. The molecule has 2 amide bonds. The maximum Gasteiger partial charge on any atom is 0.277 e. The highest BCUT2D eigenvalue weighted by Crippen LogP contribution is 2.30. The molecule has 0 unspecified atom stereocenters. The minimum Gasteiger partial charge on any atom is -0.504 e. The highest BCUT2D eigenvalue weighted by atomic mass is 19.1. The number of rotatable bonds is 6. The summed E-state index contributed by atoms with van der Waals surface area (Å²) in [6, 6.07) is 15.6. The smallest absolute Gasteiger partial charge is 0.277 e. The maximum atomic E-state index is 13.2. The van der Waals surface area contributed by atoms with Gasteiger partial charge in [-0.3, -0.25) is 9.59 Å². The first kappa shape index (κ1) is 19.8. The second-order valence-corrected chi connectivity index (χ2v) is 6.36. The minimum atomic E-state index is -0.956. The van der Waals surface area contributed by atoms with Gasteiger partial charge in [0.05, 0.1) is 0 Å². The number of nitrogens with zero attached hydrogens (tertiary/aromatic N) is 2. The largest absolute Gasteiger partial charge is 0.504 e. The first-order valence-corrected chi connectivity index (χ1v) is 8.65.